The highest BCUT2D eigenvalue weighted by Gasteiger charge is 2.38. The van der Waals surface area contributed by atoms with Crippen LogP contribution in [0.2, 0.25) is 5.22 Å². The Morgan fingerprint density at radius 2 is 2.12 bits per heavy atom. The van der Waals surface area contributed by atoms with Crippen molar-refractivity contribution in [1.82, 2.24) is 0 Å². The van der Waals surface area contributed by atoms with Crippen molar-refractivity contribution in [2.24, 2.45) is 11.1 Å². The molecule has 0 bridgehead atoms. The minimum Gasteiger partial charge on any atom is -0.469 e. The first-order chi connectivity index (χ1) is 6.89. The Kier molecular flexibility index (Phi) is 5.32. The van der Waals surface area contributed by atoms with E-state index in [1.165, 1.54) is 7.11 Å². The van der Waals surface area contributed by atoms with Crippen LogP contribution in [0.25, 0.3) is 0 Å². The number of methoxy groups -OCH3 is 1. The molecule has 1 heterocycles. The number of nitrogens with two attached hydrogens (primary N) is 1. The first-order valence-corrected chi connectivity index (χ1v) is 4.86. The molecule has 92 valence electrons. The molecule has 0 saturated heterocycles. The summed E-state index contributed by atoms with van der Waals surface area (Å²) in [6.45, 7) is 3.39. The van der Waals surface area contributed by atoms with Gasteiger partial charge in [0.05, 0.1) is 18.6 Å². The van der Waals surface area contributed by atoms with E-state index < -0.39 is 11.5 Å². The average Bonchev–Trinajstić information content (AvgIpc) is 2.62. The van der Waals surface area contributed by atoms with Crippen LogP contribution in [0, 0.1) is 5.41 Å². The van der Waals surface area contributed by atoms with E-state index in [-0.39, 0.29) is 23.6 Å². The maximum absolute atomic E-state index is 11.5. The van der Waals surface area contributed by atoms with E-state index in [9.17, 15) is 4.79 Å². The molecule has 0 amide bonds. The Morgan fingerprint density at radius 3 is 2.50 bits per heavy atom. The molecule has 1 rings (SSSR count). The molecule has 6 heteroatoms. The Hall–Kier alpha value is -0.710. The van der Waals surface area contributed by atoms with E-state index in [0.29, 0.717) is 5.76 Å². The van der Waals surface area contributed by atoms with Crippen LogP contribution in [0.1, 0.15) is 25.6 Å². The summed E-state index contributed by atoms with van der Waals surface area (Å²) in [5, 5.41) is 0.251. The van der Waals surface area contributed by atoms with Gasteiger partial charge in [-0.25, -0.2) is 0 Å². The number of ether oxygens (including phenoxy) is 1. The lowest BCUT2D eigenvalue weighted by Crippen LogP contribution is -2.37. The number of carbonyl (C=O) groups excluding carboxylic acids is 1. The fourth-order valence-electron chi connectivity index (χ4n) is 1.24. The molecule has 0 fully saturated rings. The van der Waals surface area contributed by atoms with Gasteiger partial charge in [-0.15, -0.1) is 12.4 Å². The van der Waals surface area contributed by atoms with Gasteiger partial charge < -0.3 is 14.9 Å². The highest BCUT2D eigenvalue weighted by atomic mass is 35.5. The predicted octanol–water partition coefficient (Wildman–Crippen LogP) is 2.55. The molecule has 0 saturated carbocycles. The van der Waals surface area contributed by atoms with Crippen LogP contribution in [-0.2, 0) is 9.53 Å². The van der Waals surface area contributed by atoms with E-state index in [0.717, 1.165) is 0 Å². The number of halogens is 2. The van der Waals surface area contributed by atoms with Crippen LogP contribution in [0.3, 0.4) is 0 Å². The molecule has 0 radical (unpaired) electrons. The van der Waals surface area contributed by atoms with E-state index in [1.807, 2.05) is 0 Å². The lowest BCUT2D eigenvalue weighted by Gasteiger charge is -2.26. The second-order valence-electron chi connectivity index (χ2n) is 3.83. The van der Waals surface area contributed by atoms with Crippen molar-refractivity contribution in [2.45, 2.75) is 19.9 Å². The second-order valence-corrected chi connectivity index (χ2v) is 4.21. The quantitative estimate of drug-likeness (QED) is 0.855. The molecular weight excluding hydrogens is 253 g/mol. The van der Waals surface area contributed by atoms with Gasteiger partial charge in [0.1, 0.15) is 5.76 Å². The lowest BCUT2D eigenvalue weighted by molar-refractivity contribution is -0.152. The molecule has 0 aliphatic rings. The van der Waals surface area contributed by atoms with Crippen molar-refractivity contribution in [3.05, 3.63) is 23.1 Å². The summed E-state index contributed by atoms with van der Waals surface area (Å²) < 4.78 is 9.83. The van der Waals surface area contributed by atoms with Crippen LogP contribution in [0.15, 0.2) is 16.5 Å². The van der Waals surface area contributed by atoms with Gasteiger partial charge in [-0.05, 0) is 37.6 Å². The third kappa shape index (κ3) is 2.90. The number of hydrogen-bond acceptors (Lipinski definition) is 4. The molecule has 1 atom stereocenters. The number of carbonyl (C=O) groups is 1. The summed E-state index contributed by atoms with van der Waals surface area (Å²) in [5.41, 5.74) is 5.06. The Balaban J connectivity index is 0.00000225. The molecule has 1 aromatic rings. The normalized spacial score (nSPS) is 12.8. The zero-order chi connectivity index (χ0) is 11.6. The maximum Gasteiger partial charge on any atom is 0.313 e. The number of hydrogen-bond donors (Lipinski definition) is 1. The smallest absolute Gasteiger partial charge is 0.313 e. The standard InChI is InChI=1S/C10H14ClNO3.ClH/c1-10(2,9(13)14-3)8(12)6-4-5-7(11)15-6;/h4-5,8H,12H2,1-3H3;1H/t8-;/m0./s1. The number of esters is 1. The third-order valence-corrected chi connectivity index (χ3v) is 2.59. The molecule has 16 heavy (non-hydrogen) atoms. The van der Waals surface area contributed by atoms with Crippen LogP contribution in [0.5, 0.6) is 0 Å². The zero-order valence-corrected chi connectivity index (χ0v) is 10.9. The molecule has 0 unspecified atom stereocenters. The van der Waals surface area contributed by atoms with Gasteiger partial charge in [-0.2, -0.15) is 0 Å². The fraction of sp³-hybridized carbons (Fsp3) is 0.500. The SMILES string of the molecule is COC(=O)C(C)(C)[C@@H](N)c1ccc(Cl)o1.Cl. The zero-order valence-electron chi connectivity index (χ0n) is 9.32. The molecular formula is C10H15Cl2NO3. The van der Waals surface area contributed by atoms with E-state index >= 15 is 0 Å². The first kappa shape index (κ1) is 15.3. The van der Waals surface area contributed by atoms with Crippen molar-refractivity contribution in [3.63, 3.8) is 0 Å². The minimum atomic E-state index is -0.851. The van der Waals surface area contributed by atoms with E-state index in [4.69, 9.17) is 21.8 Å². The van der Waals surface area contributed by atoms with Gasteiger partial charge in [0.15, 0.2) is 5.22 Å². The maximum atomic E-state index is 11.5. The Morgan fingerprint density at radius 1 is 1.56 bits per heavy atom. The van der Waals surface area contributed by atoms with E-state index in [2.05, 4.69) is 4.74 Å². The average molecular weight is 268 g/mol. The fourth-order valence-corrected chi connectivity index (χ4v) is 1.39. The minimum absolute atomic E-state index is 0. The highest BCUT2D eigenvalue weighted by Crippen LogP contribution is 2.33. The topological polar surface area (TPSA) is 65.5 Å². The van der Waals surface area contributed by atoms with Gasteiger partial charge in [0.2, 0.25) is 0 Å². The summed E-state index contributed by atoms with van der Waals surface area (Å²) in [7, 11) is 1.33. The summed E-state index contributed by atoms with van der Waals surface area (Å²) >= 11 is 5.63. The largest absolute Gasteiger partial charge is 0.469 e. The first-order valence-electron chi connectivity index (χ1n) is 4.49. The van der Waals surface area contributed by atoms with Gasteiger partial charge in [0, 0.05) is 0 Å². The van der Waals surface area contributed by atoms with Gasteiger partial charge in [-0.1, -0.05) is 0 Å². The van der Waals surface area contributed by atoms with Gasteiger partial charge in [-0.3, -0.25) is 4.79 Å². The number of rotatable bonds is 3. The Labute approximate surface area is 105 Å². The second kappa shape index (κ2) is 5.57. The predicted molar refractivity (Wildman–Crippen MR) is 63.7 cm³/mol. The molecule has 4 nitrogen and oxygen atoms in total. The molecule has 0 aromatic carbocycles. The van der Waals surface area contributed by atoms with Gasteiger partial charge >= 0.3 is 5.97 Å². The number of furan rings is 1. The van der Waals surface area contributed by atoms with Crippen molar-refractivity contribution in [3.8, 4) is 0 Å². The van der Waals surface area contributed by atoms with Crippen molar-refractivity contribution < 1.29 is 13.9 Å². The van der Waals surface area contributed by atoms with Crippen molar-refractivity contribution in [1.29, 1.82) is 0 Å². The molecule has 2 N–H and O–H groups in total. The van der Waals surface area contributed by atoms with Crippen LogP contribution in [0.4, 0.5) is 0 Å². The van der Waals surface area contributed by atoms with Crippen molar-refractivity contribution in [2.75, 3.05) is 7.11 Å². The molecule has 1 aromatic heterocycles. The summed E-state index contributed by atoms with van der Waals surface area (Å²) in [4.78, 5) is 11.5. The van der Waals surface area contributed by atoms with E-state index in [1.54, 1.807) is 26.0 Å². The van der Waals surface area contributed by atoms with Crippen LogP contribution >= 0.6 is 24.0 Å². The molecule has 0 aliphatic heterocycles. The monoisotopic (exact) mass is 267 g/mol. The molecule has 0 aliphatic carbocycles. The Bertz CT molecular complexity index is 363. The highest BCUT2D eigenvalue weighted by molar-refractivity contribution is 6.28. The summed E-state index contributed by atoms with van der Waals surface area (Å²) in [6, 6.07) is 2.65. The third-order valence-electron chi connectivity index (χ3n) is 2.39. The van der Waals surface area contributed by atoms with Crippen LogP contribution in [-0.4, -0.2) is 13.1 Å². The van der Waals surface area contributed by atoms with Gasteiger partial charge in [0.25, 0.3) is 0 Å². The molecule has 0 spiro atoms. The van der Waals surface area contributed by atoms with Crippen LogP contribution < -0.4 is 5.73 Å². The summed E-state index contributed by atoms with van der Waals surface area (Å²) in [6.07, 6.45) is 0. The van der Waals surface area contributed by atoms with Crippen molar-refractivity contribution >= 4 is 30.0 Å². The lowest BCUT2D eigenvalue weighted by atomic mass is 9.83. The summed E-state index contributed by atoms with van der Waals surface area (Å²) in [5.74, 6) is 0.0814.